The van der Waals surface area contributed by atoms with Gasteiger partial charge in [0.05, 0.1) is 93.4 Å². The molecule has 0 atom stereocenters. The molecule has 72 heteroatoms. The Labute approximate surface area is 1070 Å². The van der Waals surface area contributed by atoms with Crippen LogP contribution in [0.25, 0.3) is 24.8 Å². The summed E-state index contributed by atoms with van der Waals surface area (Å²) in [6.07, 6.45) is 21.9. The first-order valence-electron chi connectivity index (χ1n) is 40.3. The van der Waals surface area contributed by atoms with E-state index in [2.05, 4.69) is 221 Å². The summed E-state index contributed by atoms with van der Waals surface area (Å²) < 4.78 is 147. The van der Waals surface area contributed by atoms with Gasteiger partial charge in [-0.1, -0.05) is 63.2 Å². The number of hydrogen-bond donors (Lipinski definition) is 4. The fourth-order valence-electron chi connectivity index (χ4n) is 8.44. The smallest absolute Gasteiger partial charge is 1.00 e. The number of anilines is 2. The second-order valence-corrected chi connectivity index (χ2v) is 43.0. The molecule has 0 aromatic carbocycles. The number of carboxylic acids is 1. The number of methoxy groups -OCH3 is 3. The van der Waals surface area contributed by atoms with Crippen LogP contribution in [0.1, 0.15) is 106 Å². The maximum atomic E-state index is 11.1. The number of nitrogens with two attached hydrogens (primary N) is 2. The van der Waals surface area contributed by atoms with Crippen LogP contribution in [0.4, 0.5) is 42.5 Å². The van der Waals surface area contributed by atoms with E-state index in [0.717, 1.165) is 66.6 Å². The van der Waals surface area contributed by atoms with Crippen molar-refractivity contribution >= 4 is 283 Å². The summed E-state index contributed by atoms with van der Waals surface area (Å²) in [5.74, 6) is -2.30. The number of nitrogens with zero attached hydrogens (tertiary/aromatic N) is 19. The molecule has 0 spiro atoms. The van der Waals surface area contributed by atoms with E-state index in [1.165, 1.54) is 85.6 Å². The summed E-state index contributed by atoms with van der Waals surface area (Å²) in [7, 11) is 15.2. The zero-order chi connectivity index (χ0) is 114. The fourth-order valence-corrected chi connectivity index (χ4v) is 15.7. The van der Waals surface area contributed by atoms with Gasteiger partial charge in [0.2, 0.25) is 29.6 Å². The Kier molecular flexibility index (Phi) is 120. The van der Waals surface area contributed by atoms with Crippen molar-refractivity contribution in [2.24, 2.45) is 9.98 Å². The molecular weight excluding hydrogens is 2880 g/mol. The van der Waals surface area contributed by atoms with Crippen molar-refractivity contribution in [2.75, 3.05) is 107 Å². The molecule has 0 aliphatic rings. The van der Waals surface area contributed by atoms with Gasteiger partial charge in [0.15, 0.2) is 25.1 Å². The van der Waals surface area contributed by atoms with Crippen LogP contribution in [-0.4, -0.2) is 259 Å². The van der Waals surface area contributed by atoms with E-state index in [4.69, 9.17) is 87.3 Å². The normalized spacial score (nSPS) is 9.44. The molecule has 0 aliphatic heterocycles. The second-order valence-electron chi connectivity index (χ2n) is 25.0. The number of ketones is 1. The number of alkyl halides is 7. The molecule has 0 saturated heterocycles. The number of rotatable bonds is 16. The summed E-state index contributed by atoms with van der Waals surface area (Å²) in [5, 5.41) is 22.9. The van der Waals surface area contributed by atoms with Gasteiger partial charge in [-0.2, -0.15) is 53.3 Å². The van der Waals surface area contributed by atoms with Crippen molar-refractivity contribution in [1.82, 2.24) is 76.6 Å². The van der Waals surface area contributed by atoms with E-state index < -0.39 is 62.0 Å². The van der Waals surface area contributed by atoms with Crippen LogP contribution >= 0.6 is 181 Å². The first-order chi connectivity index (χ1) is 68.6. The molecule has 7 N–H and O–H groups in total. The Morgan fingerprint density at radius 2 is 1.15 bits per heavy atom. The van der Waals surface area contributed by atoms with E-state index in [1.54, 1.807) is 120 Å². The number of carbonyl (C=O) groups excluding carboxylic acids is 8. The first kappa shape index (κ1) is 169. The van der Waals surface area contributed by atoms with Gasteiger partial charge in [-0.3, -0.25) is 41.0 Å². The Bertz CT molecular complexity index is 6040. The number of halogens is 12. The van der Waals surface area contributed by atoms with E-state index >= 15 is 0 Å². The molecule has 0 aliphatic carbocycles. The number of thiazole rings is 9. The molecule has 43 nitrogen and oxygen atoms in total. The predicted molar refractivity (Wildman–Crippen MR) is 555 cm³/mol. The SMILES string of the molecule is CCC[n+]1c(N=CN(C)C)sc(C)c1C.CCOC(=O)CBr.CCc1cnc2sc(C)c(C)n12.COC(OC)N(C)C.COc1[c-]nc2sccn12.Cc1cn2ccsc2n1.Cc1nc(N)sc1C.Cc1nc(N=CN(C)C)sc1C.Cc1sc2nccn2c1C.Nc1nccs1.O=C(CBr)C(F)(F)F.O=C(O)c1[c-]nc2sccn12.O=C=O.O=C=O.O=C=O.O=P(=O)OO.O=P(Cl)(Cl)Cl.[2H]CF.[2H]CF.[2H][B].[Br-].[H-].[Na+].[Na+].[O-][Cl+][O-].[OH-].[U].[Y].[Y]. The Morgan fingerprint density at radius 1 is 0.687 bits per heavy atom. The quantitative estimate of drug-likeness (QED) is 0.00578. The van der Waals surface area contributed by atoms with Crippen LogP contribution < -0.4 is 106 Å². The predicted octanol–water partition coefficient (Wildman–Crippen LogP) is 8.02. The third-order valence-corrected chi connectivity index (χ3v) is 23.8. The van der Waals surface area contributed by atoms with Gasteiger partial charge >= 0.3 is 108 Å². The molecule has 0 bridgehead atoms. The Morgan fingerprint density at radius 3 is 1.49 bits per heavy atom. The Hall–Kier alpha value is -3.16. The van der Waals surface area contributed by atoms with Gasteiger partial charge in [0.1, 0.15) is 16.9 Å². The van der Waals surface area contributed by atoms with Crippen LogP contribution in [0.2, 0.25) is 0 Å². The summed E-state index contributed by atoms with van der Waals surface area (Å²) in [6.45, 7) is 30.5. The summed E-state index contributed by atoms with van der Waals surface area (Å²) >= 11 is 33.2. The Balaban J connectivity index is -0.000000103. The minimum absolute atomic E-state index is 0. The van der Waals surface area contributed by atoms with E-state index in [-0.39, 0.29) is 216 Å². The maximum absolute atomic E-state index is 11.1. The number of carboxylic acid groups (broad SMARTS) is 1. The van der Waals surface area contributed by atoms with Crippen molar-refractivity contribution in [3.05, 3.63) is 153 Å². The topological polar surface area (TPSA) is 583 Å². The van der Waals surface area contributed by atoms with Crippen LogP contribution in [0, 0.1) is 131 Å². The number of hydrogen-bond acceptors (Lipinski definition) is 43. The molecule has 14 aromatic rings. The number of ether oxygens (including phenoxy) is 4. The molecule has 14 heterocycles. The number of imidazole rings is 5. The van der Waals surface area contributed by atoms with Crippen molar-refractivity contribution in [2.45, 2.75) is 129 Å². The largest absolute Gasteiger partial charge is 1.00 e. The second kappa shape index (κ2) is 106. The minimum Gasteiger partial charge on any atom is -1.00 e. The van der Waals surface area contributed by atoms with Crippen LogP contribution in [0.3, 0.4) is 0 Å². The molecule has 0 fully saturated rings. The van der Waals surface area contributed by atoms with Crippen molar-refractivity contribution < 1.29 is 320 Å². The zero-order valence-electron chi connectivity index (χ0n) is 89.4. The standard InChI is InChI=1S/C11H20N3S.C9H12N2S.C8H13N3S.C7H8N2S.C6H3N2O2S.C6H5N2OS.C6H6N2S.C5H8N2S.C5H13NO2.C4H7BrO2.C3H2BrF3O.C3H4N2S.2CH3F.3CO2.BH.BrH.Cl3OP.ClO2.2Na.HO4P.H2O.U.2Y.H/c1-6-7-14-9(2)10(3)15-11(14)12-8-13(4)5;1-4-8-5-10-9-11(8)6(2)7(3)12-9;1-6-7(2)12-8(10-6)9-5-11(3)4;1-5-6(2)10-7-8-3-4-9(5)7;9-5(10)4-3-7-6-8(4)1-2-11-6;1-9-5-4-7-6-8(5)2-3-10-6;1-5-4-8-2-3-9-6(8)7-5;1-3-4(2)8-5(6)7-3;1-6(2)5(7-3)8-4;1-2-7-4(6)3-5;4-1-2(8)3(5,6)7;4-3-5-1-2-6-3;2*1-2;3*2-1-3;;;1-5(2,3)4;2-1-3;;;1-4-5(2)3;;;;;/h8H,6-7H2,1-5H3;5H,4H2,1-3H3;5H,1-4H3;3-4H,1-2H3;1-2H,(H,9,10);2-3H,1H3;2-4H,1H3;1-2H3,(H2,6,7);5H,1-4H3;2-3H2,1H3;1H2;1-2H,(H2,4,5);2*1H3;;;;2*1H;;;;;1H;1H2;;;;/q+1;;;;2*-1;;;;;;;;;;;;;;;-1;2*+1;;;;;;-1/p-2/i;;;;;;;;;;;;2*1D;;;;1D;;;;;;;;;;;. The number of aromatic carboxylic acids is 1. The number of esters is 1. The van der Waals surface area contributed by atoms with Crippen LogP contribution in [-0.2, 0) is 149 Å². The summed E-state index contributed by atoms with van der Waals surface area (Å²) in [5.41, 5.74) is 19.2. The molecule has 150 heavy (non-hydrogen) atoms. The van der Waals surface area contributed by atoms with Gasteiger partial charge < -0.3 is 102 Å². The van der Waals surface area contributed by atoms with Crippen LogP contribution in [0.5, 0.6) is 5.88 Å². The van der Waals surface area contributed by atoms with Crippen molar-refractivity contribution in [1.29, 1.82) is 1.34 Å². The number of carbonyl (C=O) groups is 3. The molecule has 14 aromatic heterocycles. The van der Waals surface area contributed by atoms with Gasteiger partial charge in [-0.25, -0.2) is 65.2 Å². The fraction of sp³-hybridized carbons (Fsp3) is 0.423. The van der Waals surface area contributed by atoms with E-state index in [0.29, 0.717) is 33.0 Å². The van der Waals surface area contributed by atoms with E-state index in [9.17, 15) is 40.9 Å². The van der Waals surface area contributed by atoms with E-state index in [1.807, 2.05) is 153 Å². The monoisotopic (exact) mass is 2990 g/mol. The minimum atomic E-state index is -4.68. The third kappa shape index (κ3) is 82.3. The average Bonchev–Trinajstić information content (AvgIpc) is 1.64. The number of aromatic nitrogens is 14. The maximum Gasteiger partial charge on any atom is 1.00 e. The summed E-state index contributed by atoms with van der Waals surface area (Å²) in [6, 6.07) is 0. The average molecular weight is 3000 g/mol. The molecule has 14 rings (SSSR count). The molecular formula is C78H111BBr3Cl4F5N21Na2O22P2S9UY2-3. The molecule has 0 saturated carbocycles. The molecule has 826 valence electrons. The van der Waals surface area contributed by atoms with Crippen molar-refractivity contribution in [3.63, 3.8) is 0 Å². The number of aliphatic imine (C=N–C) groups is 2. The van der Waals surface area contributed by atoms with Gasteiger partial charge in [0, 0.05) is 249 Å². The molecule has 0 amide bonds. The number of nitrogen functional groups attached to an aromatic ring is 2. The van der Waals surface area contributed by atoms with Gasteiger partial charge in [-0.15, -0.1) is 61.4 Å². The number of Topliss-reactive ketones (excluding diaryl/α,β-unsaturated/α-hetero) is 1. The summed E-state index contributed by atoms with van der Waals surface area (Å²) in [4.78, 5) is 137. The van der Waals surface area contributed by atoms with Gasteiger partial charge in [-0.05, 0) is 178 Å². The molecule has 0 unspecified atom stereocenters. The number of fused-ring (bicyclic) bond motifs is 5. The number of aryl methyl sites for hydroxylation is 11. The van der Waals surface area contributed by atoms with Crippen molar-refractivity contribution in [3.8, 4) is 5.88 Å². The molecule has 4 radical (unpaired) electrons. The zero-order valence-corrected chi connectivity index (χ0v) is 116. The van der Waals surface area contributed by atoms with Gasteiger partial charge in [0.25, 0.3) is 0 Å². The van der Waals surface area contributed by atoms with Crippen LogP contribution in [0.15, 0.2) is 81.1 Å². The third-order valence-electron chi connectivity index (χ3n) is 14.6. The first-order valence-corrected chi connectivity index (χ1v) is 54.2.